The minimum Gasteiger partial charge on any atom is -0.489 e. The number of aliphatic carboxylic acids is 1. The molecule has 0 saturated heterocycles. The van der Waals surface area contributed by atoms with E-state index < -0.39 is 5.97 Å². The number of ether oxygens (including phenoxy) is 1. The Morgan fingerprint density at radius 3 is 2.39 bits per heavy atom. The van der Waals surface area contributed by atoms with Crippen LogP contribution in [0.2, 0.25) is 0 Å². The number of carbonyl (C=O) groups excluding carboxylic acids is 2. The number of carboxylic acid groups (broad SMARTS) is 1. The predicted molar refractivity (Wildman–Crippen MR) is 175 cm³/mol. The van der Waals surface area contributed by atoms with Crippen LogP contribution in [0.3, 0.4) is 0 Å². The van der Waals surface area contributed by atoms with Gasteiger partial charge in [-0.1, -0.05) is 66.7 Å². The number of rotatable bonds is 12. The summed E-state index contributed by atoms with van der Waals surface area (Å²) < 4.78 is 9.10. The molecule has 6 aromatic rings. The quantitative estimate of drug-likeness (QED) is 0.141. The first-order valence-electron chi connectivity index (χ1n) is 14.0. The van der Waals surface area contributed by atoms with Crippen LogP contribution >= 0.6 is 23.1 Å². The molecule has 9 heteroatoms. The van der Waals surface area contributed by atoms with Crippen molar-refractivity contribution in [2.45, 2.75) is 25.8 Å². The molecule has 0 saturated carbocycles. The molecule has 0 unspecified atom stereocenters. The van der Waals surface area contributed by atoms with Gasteiger partial charge >= 0.3 is 5.97 Å². The van der Waals surface area contributed by atoms with Gasteiger partial charge in [-0.2, -0.15) is 0 Å². The van der Waals surface area contributed by atoms with E-state index in [4.69, 9.17) is 4.74 Å². The average Bonchev–Trinajstić information content (AvgIpc) is 3.59. The number of fused-ring (bicyclic) bond motifs is 2. The number of para-hydroxylation sites is 1. The van der Waals surface area contributed by atoms with Gasteiger partial charge in [-0.15, -0.1) is 23.1 Å². The summed E-state index contributed by atoms with van der Waals surface area (Å²) in [6.45, 7) is 2.36. The highest BCUT2D eigenvalue weighted by molar-refractivity contribution is 7.99. The number of ketones is 2. The molecule has 0 aliphatic rings. The maximum Gasteiger partial charge on any atom is 0.313 e. The van der Waals surface area contributed by atoms with Crippen LogP contribution < -0.4 is 4.74 Å². The Labute approximate surface area is 262 Å². The van der Waals surface area contributed by atoms with Gasteiger partial charge in [0, 0.05) is 40.0 Å². The number of carboxylic acids is 1. The summed E-state index contributed by atoms with van der Waals surface area (Å²) in [4.78, 5) is 42.0. The van der Waals surface area contributed by atoms with Gasteiger partial charge in [0.05, 0.1) is 16.0 Å². The Morgan fingerprint density at radius 2 is 1.66 bits per heavy atom. The number of hydrogen-bond donors (Lipinski definition) is 1. The Kier molecular flexibility index (Phi) is 8.58. The molecule has 4 aromatic carbocycles. The van der Waals surface area contributed by atoms with Crippen molar-refractivity contribution in [1.82, 2.24) is 9.55 Å². The van der Waals surface area contributed by atoms with Crippen LogP contribution in [0.5, 0.6) is 5.75 Å². The van der Waals surface area contributed by atoms with E-state index in [9.17, 15) is 19.5 Å². The molecule has 0 radical (unpaired) electrons. The van der Waals surface area contributed by atoms with Crippen molar-refractivity contribution in [1.29, 1.82) is 0 Å². The van der Waals surface area contributed by atoms with E-state index in [0.717, 1.165) is 37.9 Å². The summed E-state index contributed by atoms with van der Waals surface area (Å²) in [5, 5.41) is 10.5. The van der Waals surface area contributed by atoms with Gasteiger partial charge < -0.3 is 14.4 Å². The summed E-state index contributed by atoms with van der Waals surface area (Å²) in [5.41, 5.74) is 5.49. The van der Waals surface area contributed by atoms with Crippen molar-refractivity contribution in [3.05, 3.63) is 130 Å². The standard InChI is InChI=1S/C35H28N2O5S2/c1-22(38)33-27-17-26(42-19-24-7-3-2-4-8-24)15-16-29(27)37(30(33)20-43-21-32(39)40)18-23-11-13-25(14-12-23)34(41)35-36-28-9-5-6-10-31(28)44-35/h2-17H,18-21H2,1H3,(H,39,40). The fraction of sp³-hybridized carbons (Fsp3) is 0.143. The minimum absolute atomic E-state index is 0.0765. The van der Waals surface area contributed by atoms with Crippen LogP contribution in [0.4, 0.5) is 0 Å². The second kappa shape index (κ2) is 12.9. The molecule has 0 fully saturated rings. The highest BCUT2D eigenvalue weighted by Gasteiger charge is 2.22. The Bertz CT molecular complexity index is 1960. The first kappa shape index (κ1) is 29.3. The van der Waals surface area contributed by atoms with Crippen molar-refractivity contribution in [3.63, 3.8) is 0 Å². The monoisotopic (exact) mass is 620 g/mol. The summed E-state index contributed by atoms with van der Waals surface area (Å²) >= 11 is 2.63. The highest BCUT2D eigenvalue weighted by Crippen LogP contribution is 2.33. The van der Waals surface area contributed by atoms with E-state index in [0.29, 0.717) is 40.8 Å². The van der Waals surface area contributed by atoms with Crippen molar-refractivity contribution in [2.24, 2.45) is 0 Å². The zero-order valence-corrected chi connectivity index (χ0v) is 25.5. The van der Waals surface area contributed by atoms with Crippen LogP contribution in [0, 0.1) is 0 Å². The number of carbonyl (C=O) groups is 3. The van der Waals surface area contributed by atoms with E-state index in [-0.39, 0.29) is 17.3 Å². The SMILES string of the molecule is CC(=O)c1c(CSCC(=O)O)n(Cc2ccc(C(=O)c3nc4ccccc4s3)cc2)c2ccc(OCc3ccccc3)cc12. The number of hydrogen-bond acceptors (Lipinski definition) is 7. The summed E-state index contributed by atoms with van der Waals surface area (Å²) in [6.07, 6.45) is 0. The molecule has 1 N–H and O–H groups in total. The molecular formula is C35H28N2O5S2. The third-order valence-corrected chi connectivity index (χ3v) is 9.22. The van der Waals surface area contributed by atoms with Gasteiger partial charge in [0.15, 0.2) is 10.8 Å². The number of aromatic nitrogens is 2. The molecule has 0 amide bonds. The normalized spacial score (nSPS) is 11.2. The lowest BCUT2D eigenvalue weighted by Crippen LogP contribution is -2.08. The van der Waals surface area contributed by atoms with Gasteiger partial charge in [0.25, 0.3) is 0 Å². The molecule has 0 spiro atoms. The molecule has 0 atom stereocenters. The second-order valence-corrected chi connectivity index (χ2v) is 12.3. The summed E-state index contributed by atoms with van der Waals surface area (Å²) in [6, 6.07) is 30.7. The molecule has 0 aliphatic carbocycles. The Balaban J connectivity index is 1.32. The molecule has 0 bridgehead atoms. The Morgan fingerprint density at radius 1 is 0.909 bits per heavy atom. The number of nitrogens with zero attached hydrogens (tertiary/aromatic N) is 2. The maximum atomic E-state index is 13.2. The molecule has 220 valence electrons. The largest absolute Gasteiger partial charge is 0.489 e. The van der Waals surface area contributed by atoms with Gasteiger partial charge in [-0.05, 0) is 48.4 Å². The zero-order valence-electron chi connectivity index (χ0n) is 23.9. The van der Waals surface area contributed by atoms with Gasteiger partial charge in [-0.3, -0.25) is 14.4 Å². The maximum absolute atomic E-state index is 13.2. The average molecular weight is 621 g/mol. The first-order chi connectivity index (χ1) is 21.4. The second-order valence-electron chi connectivity index (χ2n) is 10.3. The van der Waals surface area contributed by atoms with Crippen molar-refractivity contribution in [3.8, 4) is 5.75 Å². The van der Waals surface area contributed by atoms with Crippen molar-refractivity contribution < 1.29 is 24.2 Å². The van der Waals surface area contributed by atoms with Crippen LogP contribution in [-0.4, -0.2) is 37.9 Å². The van der Waals surface area contributed by atoms with E-state index in [1.165, 1.54) is 30.0 Å². The molecule has 2 heterocycles. The number of Topliss-reactive ketones (excluding diaryl/α,β-unsaturated/α-hetero) is 1. The lowest BCUT2D eigenvalue weighted by atomic mass is 10.1. The summed E-state index contributed by atoms with van der Waals surface area (Å²) in [5.74, 6) is -0.221. The van der Waals surface area contributed by atoms with Crippen LogP contribution in [0.1, 0.15) is 49.5 Å². The molecular weight excluding hydrogens is 593 g/mol. The summed E-state index contributed by atoms with van der Waals surface area (Å²) in [7, 11) is 0. The van der Waals surface area contributed by atoms with Crippen LogP contribution in [-0.2, 0) is 23.7 Å². The molecule has 44 heavy (non-hydrogen) atoms. The lowest BCUT2D eigenvalue weighted by Gasteiger charge is -2.12. The molecule has 2 aromatic heterocycles. The van der Waals surface area contributed by atoms with E-state index in [1.54, 1.807) is 12.1 Å². The number of thioether (sulfide) groups is 1. The zero-order chi connectivity index (χ0) is 30.6. The molecule has 7 nitrogen and oxygen atoms in total. The van der Waals surface area contributed by atoms with Crippen molar-refractivity contribution in [2.75, 3.05) is 5.75 Å². The minimum atomic E-state index is -0.910. The Hall–Kier alpha value is -4.73. The smallest absolute Gasteiger partial charge is 0.313 e. The predicted octanol–water partition coefficient (Wildman–Crippen LogP) is 7.63. The van der Waals surface area contributed by atoms with Crippen LogP contribution in [0.25, 0.3) is 21.1 Å². The third kappa shape index (κ3) is 6.29. The van der Waals surface area contributed by atoms with Gasteiger partial charge in [0.2, 0.25) is 5.78 Å². The topological polar surface area (TPSA) is 98.5 Å². The van der Waals surface area contributed by atoms with E-state index in [1.807, 2.05) is 84.9 Å². The van der Waals surface area contributed by atoms with Gasteiger partial charge in [0.1, 0.15) is 12.4 Å². The van der Waals surface area contributed by atoms with Crippen LogP contribution in [0.15, 0.2) is 97.1 Å². The van der Waals surface area contributed by atoms with Crippen molar-refractivity contribution >= 4 is 61.8 Å². The molecule has 6 rings (SSSR count). The fourth-order valence-corrected chi connectivity index (χ4v) is 6.91. The van der Waals surface area contributed by atoms with E-state index in [2.05, 4.69) is 9.55 Å². The van der Waals surface area contributed by atoms with E-state index >= 15 is 0 Å². The van der Waals surface area contributed by atoms with Gasteiger partial charge in [-0.25, -0.2) is 4.98 Å². The fourth-order valence-electron chi connectivity index (χ4n) is 5.21. The first-order valence-corrected chi connectivity index (χ1v) is 16.0. The number of benzene rings is 4. The lowest BCUT2D eigenvalue weighted by molar-refractivity contribution is -0.133. The number of thiazole rings is 1. The third-order valence-electron chi connectivity index (χ3n) is 7.25. The highest BCUT2D eigenvalue weighted by atomic mass is 32.2. The molecule has 0 aliphatic heterocycles.